The van der Waals surface area contributed by atoms with Crippen LogP contribution in [0.25, 0.3) is 0 Å². The first kappa shape index (κ1) is 26.1. The van der Waals surface area contributed by atoms with E-state index in [4.69, 9.17) is 20.6 Å². The second-order valence-electron chi connectivity index (χ2n) is 8.87. The molecule has 10 heteroatoms. The number of carbonyl (C=O) groups excluding carboxylic acids is 2. The molecule has 0 amide bonds. The number of aromatic amines is 1. The number of nitriles is 1. The molecule has 0 radical (unpaired) electrons. The van der Waals surface area contributed by atoms with Gasteiger partial charge in [0.25, 0.3) is 5.56 Å². The summed E-state index contributed by atoms with van der Waals surface area (Å²) in [6, 6.07) is 15.0. The van der Waals surface area contributed by atoms with Gasteiger partial charge in [0, 0.05) is 12.6 Å². The molecular formula is C28H23N3O7. The van der Waals surface area contributed by atoms with Crippen LogP contribution < -0.4 is 11.2 Å². The molecular weight excluding hydrogens is 490 g/mol. The minimum absolute atomic E-state index is 0.124. The summed E-state index contributed by atoms with van der Waals surface area (Å²) >= 11 is 0. The molecule has 1 aliphatic heterocycles. The van der Waals surface area contributed by atoms with Crippen LogP contribution in [0.2, 0.25) is 0 Å². The fourth-order valence-electron chi connectivity index (χ4n) is 3.96. The predicted octanol–water partition coefficient (Wildman–Crippen LogP) is 2.40. The highest BCUT2D eigenvalue weighted by atomic mass is 16.6. The Balaban J connectivity index is 1.66. The maximum Gasteiger partial charge on any atom is 0.338 e. The van der Waals surface area contributed by atoms with Crippen LogP contribution in [0.5, 0.6) is 0 Å². The number of nitrogens with one attached hydrogen (secondary N) is 1. The van der Waals surface area contributed by atoms with Crippen LogP contribution in [0.15, 0.2) is 64.3 Å². The molecule has 1 saturated heterocycles. The average molecular weight is 514 g/mol. The molecule has 3 atom stereocenters. The molecule has 10 nitrogen and oxygen atoms in total. The maximum absolute atomic E-state index is 12.9. The lowest BCUT2D eigenvalue weighted by atomic mass is 9.98. The Morgan fingerprint density at radius 3 is 2.21 bits per heavy atom. The second kappa shape index (κ2) is 10.6. The quantitative estimate of drug-likeness (QED) is 0.391. The van der Waals surface area contributed by atoms with Crippen molar-refractivity contribution in [2.45, 2.75) is 38.2 Å². The van der Waals surface area contributed by atoms with Gasteiger partial charge in [0.2, 0.25) is 5.60 Å². The number of ether oxygens (including phenoxy) is 3. The number of rotatable bonds is 6. The van der Waals surface area contributed by atoms with Gasteiger partial charge in [-0.25, -0.2) is 14.4 Å². The van der Waals surface area contributed by atoms with Gasteiger partial charge in [0.1, 0.15) is 24.5 Å². The highest BCUT2D eigenvalue weighted by Crippen LogP contribution is 2.39. The highest BCUT2D eigenvalue weighted by Gasteiger charge is 2.52. The number of H-pyrrole nitrogens is 1. The Kier molecular flexibility index (Phi) is 7.28. The number of carbonyl (C=O) groups is 2. The van der Waals surface area contributed by atoms with Gasteiger partial charge in [-0.1, -0.05) is 41.3 Å². The minimum atomic E-state index is -1.77. The summed E-state index contributed by atoms with van der Waals surface area (Å²) in [5.41, 5.74) is -1.38. The van der Waals surface area contributed by atoms with Crippen LogP contribution in [-0.2, 0) is 14.2 Å². The standard InChI is InChI=1S/C28H23N3O7/c1-4-28(16-36-25(33)19-9-5-17(2)6-10-19)22(37-26(34)20-11-7-18(3)8-12-20)13-23(38-28)31-15-21(14-29)24(32)30-27(31)35/h1,5-12,15,22-23H,13,16H2,2-3H3,(H,30,32,35)/t22-,23+,28+/m0/s1. The van der Waals surface area contributed by atoms with Crippen LogP contribution in [0.1, 0.15) is 50.1 Å². The van der Waals surface area contributed by atoms with Gasteiger partial charge in [-0.05, 0) is 38.1 Å². The summed E-state index contributed by atoms with van der Waals surface area (Å²) in [5, 5.41) is 9.23. The van der Waals surface area contributed by atoms with Crippen molar-refractivity contribution in [1.82, 2.24) is 9.55 Å². The van der Waals surface area contributed by atoms with Gasteiger partial charge in [-0.2, -0.15) is 5.26 Å². The van der Waals surface area contributed by atoms with E-state index in [1.165, 1.54) is 0 Å². The van der Waals surface area contributed by atoms with Gasteiger partial charge in [0.15, 0.2) is 6.10 Å². The lowest BCUT2D eigenvalue weighted by Gasteiger charge is -2.28. The van der Waals surface area contributed by atoms with Crippen LogP contribution in [0.3, 0.4) is 0 Å². The molecule has 0 spiro atoms. The van der Waals surface area contributed by atoms with Gasteiger partial charge in [-0.15, -0.1) is 6.42 Å². The summed E-state index contributed by atoms with van der Waals surface area (Å²) in [5.74, 6) is 1.06. The Morgan fingerprint density at radius 2 is 1.66 bits per heavy atom. The van der Waals surface area contributed by atoms with Crippen molar-refractivity contribution < 1.29 is 23.8 Å². The molecule has 38 heavy (non-hydrogen) atoms. The van der Waals surface area contributed by atoms with E-state index in [1.54, 1.807) is 54.6 Å². The Hall–Kier alpha value is -4.93. The number of aromatic nitrogens is 2. The van der Waals surface area contributed by atoms with E-state index in [-0.39, 0.29) is 23.1 Å². The first-order valence-electron chi connectivity index (χ1n) is 11.6. The number of nitrogens with zero attached hydrogens (tertiary/aromatic N) is 2. The van der Waals surface area contributed by atoms with Crippen molar-refractivity contribution in [2.75, 3.05) is 6.61 Å². The molecule has 1 aliphatic rings. The number of hydrogen-bond acceptors (Lipinski definition) is 8. The molecule has 1 fully saturated rings. The van der Waals surface area contributed by atoms with Crippen LogP contribution in [0.4, 0.5) is 0 Å². The average Bonchev–Trinajstić information content (AvgIpc) is 3.26. The van der Waals surface area contributed by atoms with Crippen molar-refractivity contribution in [3.05, 3.63) is 103 Å². The second-order valence-corrected chi connectivity index (χ2v) is 8.87. The molecule has 0 bridgehead atoms. The summed E-state index contributed by atoms with van der Waals surface area (Å²) in [6.07, 6.45) is 4.46. The number of benzene rings is 2. The van der Waals surface area contributed by atoms with Gasteiger partial charge < -0.3 is 14.2 Å². The van der Waals surface area contributed by atoms with Crippen molar-refractivity contribution in [3.8, 4) is 18.4 Å². The smallest absolute Gasteiger partial charge is 0.338 e. The molecule has 0 saturated carbocycles. The van der Waals surface area contributed by atoms with Crippen molar-refractivity contribution in [1.29, 1.82) is 5.26 Å². The monoisotopic (exact) mass is 513 g/mol. The van der Waals surface area contributed by atoms with Crippen LogP contribution in [0, 0.1) is 37.5 Å². The largest absolute Gasteiger partial charge is 0.458 e. The zero-order valence-electron chi connectivity index (χ0n) is 20.6. The molecule has 2 heterocycles. The van der Waals surface area contributed by atoms with E-state index in [1.807, 2.05) is 18.8 Å². The topological polar surface area (TPSA) is 140 Å². The lowest BCUT2D eigenvalue weighted by Crippen LogP contribution is -2.45. The van der Waals surface area contributed by atoms with Crippen molar-refractivity contribution in [3.63, 3.8) is 0 Å². The summed E-state index contributed by atoms with van der Waals surface area (Å²) < 4.78 is 18.2. The normalized spacial score (nSPS) is 20.2. The summed E-state index contributed by atoms with van der Waals surface area (Å²) in [7, 11) is 0. The van der Waals surface area contributed by atoms with Gasteiger partial charge in [0.05, 0.1) is 11.1 Å². The fourth-order valence-corrected chi connectivity index (χ4v) is 3.96. The number of aryl methyl sites for hydroxylation is 2. The van der Waals surface area contributed by atoms with E-state index in [2.05, 4.69) is 5.92 Å². The first-order chi connectivity index (χ1) is 18.2. The van der Waals surface area contributed by atoms with E-state index in [0.29, 0.717) is 0 Å². The molecule has 3 aromatic rings. The number of esters is 2. The Bertz CT molecular complexity index is 1570. The van der Waals surface area contributed by atoms with Crippen LogP contribution in [-0.4, -0.2) is 39.8 Å². The zero-order chi connectivity index (χ0) is 27.4. The maximum atomic E-state index is 12.9. The zero-order valence-corrected chi connectivity index (χ0v) is 20.6. The third-order valence-electron chi connectivity index (χ3n) is 6.17. The Morgan fingerprint density at radius 1 is 1.08 bits per heavy atom. The number of terminal acetylenes is 1. The number of hydrogen-bond donors (Lipinski definition) is 1. The molecule has 1 N–H and O–H groups in total. The third kappa shape index (κ3) is 5.26. The van der Waals surface area contributed by atoms with E-state index in [9.17, 15) is 24.4 Å². The van der Waals surface area contributed by atoms with Crippen molar-refractivity contribution >= 4 is 11.9 Å². The van der Waals surface area contributed by atoms with Gasteiger partial charge in [-0.3, -0.25) is 14.3 Å². The van der Waals surface area contributed by atoms with E-state index < -0.39 is 47.7 Å². The molecule has 192 valence electrons. The van der Waals surface area contributed by atoms with E-state index >= 15 is 0 Å². The highest BCUT2D eigenvalue weighted by molar-refractivity contribution is 5.90. The van der Waals surface area contributed by atoms with Crippen molar-refractivity contribution in [2.24, 2.45) is 0 Å². The molecule has 0 unspecified atom stereocenters. The van der Waals surface area contributed by atoms with Crippen LogP contribution >= 0.6 is 0 Å². The molecule has 1 aromatic heterocycles. The van der Waals surface area contributed by atoms with E-state index in [0.717, 1.165) is 21.9 Å². The third-order valence-corrected chi connectivity index (χ3v) is 6.17. The summed E-state index contributed by atoms with van der Waals surface area (Å²) in [4.78, 5) is 52.1. The summed E-state index contributed by atoms with van der Waals surface area (Å²) in [6.45, 7) is 3.24. The van der Waals surface area contributed by atoms with Gasteiger partial charge >= 0.3 is 17.6 Å². The SMILES string of the molecule is C#C[C@]1(COC(=O)c2ccc(C)cc2)O[C@@H](n2cc(C#N)c(=O)[nH]c2=O)C[C@@H]1OC(=O)c1ccc(C)cc1. The molecule has 0 aliphatic carbocycles. The Labute approximate surface area is 217 Å². The first-order valence-corrected chi connectivity index (χ1v) is 11.6. The fraction of sp³-hybridized carbons (Fsp3) is 0.250. The molecule has 4 rings (SSSR count). The molecule has 2 aromatic carbocycles. The lowest BCUT2D eigenvalue weighted by molar-refractivity contribution is -0.0985. The predicted molar refractivity (Wildman–Crippen MR) is 134 cm³/mol. The minimum Gasteiger partial charge on any atom is -0.458 e.